The summed E-state index contributed by atoms with van der Waals surface area (Å²) in [5.74, 6) is -2.28. The molecule has 1 aliphatic carbocycles. The summed E-state index contributed by atoms with van der Waals surface area (Å²) in [7, 11) is -1.60. The zero-order valence-electron chi connectivity index (χ0n) is 11.5. The highest BCUT2D eigenvalue weighted by molar-refractivity contribution is 7.90. The standard InChI is InChI=1S/C12H21NO5S/c1-8-6-9(10(7-8)12(15)16)11(14)13(2)4-5-19(3,17)18/h8-10H,4-7H2,1-3H3,(H,15,16). The van der Waals surface area contributed by atoms with Gasteiger partial charge in [-0.2, -0.15) is 0 Å². The van der Waals surface area contributed by atoms with Crippen molar-refractivity contribution in [1.29, 1.82) is 0 Å². The smallest absolute Gasteiger partial charge is 0.307 e. The van der Waals surface area contributed by atoms with Crippen molar-refractivity contribution in [2.75, 3.05) is 25.6 Å². The van der Waals surface area contributed by atoms with Crippen LogP contribution in [0.1, 0.15) is 19.8 Å². The molecule has 0 spiro atoms. The molecule has 19 heavy (non-hydrogen) atoms. The molecule has 6 nitrogen and oxygen atoms in total. The first-order valence-electron chi connectivity index (χ1n) is 6.27. The highest BCUT2D eigenvalue weighted by Crippen LogP contribution is 2.37. The van der Waals surface area contributed by atoms with Gasteiger partial charge in [0.1, 0.15) is 9.84 Å². The fourth-order valence-electron chi connectivity index (χ4n) is 2.53. The predicted molar refractivity (Wildman–Crippen MR) is 70.4 cm³/mol. The minimum atomic E-state index is -3.13. The number of hydrogen-bond acceptors (Lipinski definition) is 4. The number of nitrogens with zero attached hydrogens (tertiary/aromatic N) is 1. The first-order chi connectivity index (χ1) is 8.61. The first-order valence-corrected chi connectivity index (χ1v) is 8.33. The molecule has 3 atom stereocenters. The summed E-state index contributed by atoms with van der Waals surface area (Å²) in [4.78, 5) is 24.7. The maximum Gasteiger partial charge on any atom is 0.307 e. The molecule has 1 N–H and O–H groups in total. The summed E-state index contributed by atoms with van der Waals surface area (Å²) in [6.45, 7) is 2.04. The minimum Gasteiger partial charge on any atom is -0.481 e. The van der Waals surface area contributed by atoms with Gasteiger partial charge in [0, 0.05) is 19.8 Å². The number of rotatable bonds is 5. The van der Waals surface area contributed by atoms with E-state index in [1.165, 1.54) is 11.9 Å². The van der Waals surface area contributed by atoms with Gasteiger partial charge in [0.15, 0.2) is 0 Å². The highest BCUT2D eigenvalue weighted by atomic mass is 32.2. The predicted octanol–water partition coefficient (Wildman–Crippen LogP) is 0.236. The third-order valence-corrected chi connectivity index (χ3v) is 4.53. The van der Waals surface area contributed by atoms with Gasteiger partial charge in [-0.05, 0) is 18.8 Å². The van der Waals surface area contributed by atoms with Gasteiger partial charge in [-0.1, -0.05) is 6.92 Å². The Morgan fingerprint density at radius 3 is 2.26 bits per heavy atom. The molecule has 1 aliphatic rings. The van der Waals surface area contributed by atoms with Gasteiger partial charge >= 0.3 is 5.97 Å². The van der Waals surface area contributed by atoms with Gasteiger partial charge in [0.25, 0.3) is 0 Å². The molecule has 0 aromatic rings. The van der Waals surface area contributed by atoms with Crippen LogP contribution in [0.5, 0.6) is 0 Å². The summed E-state index contributed by atoms with van der Waals surface area (Å²) in [5, 5.41) is 9.12. The number of aliphatic carboxylic acids is 1. The van der Waals surface area contributed by atoms with Crippen molar-refractivity contribution in [3.05, 3.63) is 0 Å². The third-order valence-electron chi connectivity index (χ3n) is 3.61. The van der Waals surface area contributed by atoms with E-state index in [0.29, 0.717) is 12.8 Å². The molecular weight excluding hydrogens is 270 g/mol. The Morgan fingerprint density at radius 1 is 1.26 bits per heavy atom. The molecule has 0 bridgehead atoms. The molecule has 0 heterocycles. The van der Waals surface area contributed by atoms with E-state index < -0.39 is 27.6 Å². The number of sulfone groups is 1. The second-order valence-corrected chi connectivity index (χ2v) is 7.78. The monoisotopic (exact) mass is 291 g/mol. The molecule has 7 heteroatoms. The van der Waals surface area contributed by atoms with E-state index in [1.54, 1.807) is 0 Å². The topological polar surface area (TPSA) is 91.8 Å². The Hall–Kier alpha value is -1.11. The van der Waals surface area contributed by atoms with Gasteiger partial charge in [-0.25, -0.2) is 8.42 Å². The van der Waals surface area contributed by atoms with Crippen molar-refractivity contribution in [1.82, 2.24) is 4.90 Å². The van der Waals surface area contributed by atoms with Crippen LogP contribution < -0.4 is 0 Å². The van der Waals surface area contributed by atoms with Crippen LogP contribution in [0.3, 0.4) is 0 Å². The molecule has 0 radical (unpaired) electrons. The van der Waals surface area contributed by atoms with Crippen molar-refractivity contribution in [2.45, 2.75) is 19.8 Å². The number of carbonyl (C=O) groups is 2. The zero-order chi connectivity index (χ0) is 14.8. The van der Waals surface area contributed by atoms with E-state index >= 15 is 0 Å². The van der Waals surface area contributed by atoms with E-state index in [-0.39, 0.29) is 24.1 Å². The summed E-state index contributed by atoms with van der Waals surface area (Å²) in [6, 6.07) is 0. The second-order valence-electron chi connectivity index (χ2n) is 5.52. The van der Waals surface area contributed by atoms with Crippen LogP contribution in [0.4, 0.5) is 0 Å². The van der Waals surface area contributed by atoms with E-state index in [4.69, 9.17) is 5.11 Å². The van der Waals surface area contributed by atoms with E-state index in [0.717, 1.165) is 6.26 Å². The molecule has 0 aromatic carbocycles. The zero-order valence-corrected chi connectivity index (χ0v) is 12.3. The third kappa shape index (κ3) is 4.49. The highest BCUT2D eigenvalue weighted by Gasteiger charge is 2.42. The largest absolute Gasteiger partial charge is 0.481 e. The normalized spacial score (nSPS) is 27.2. The lowest BCUT2D eigenvalue weighted by Gasteiger charge is -2.23. The van der Waals surface area contributed by atoms with Gasteiger partial charge < -0.3 is 10.0 Å². The first kappa shape index (κ1) is 15.9. The Labute approximate surface area is 113 Å². The number of carbonyl (C=O) groups excluding carboxylic acids is 1. The van der Waals surface area contributed by atoms with E-state index in [9.17, 15) is 18.0 Å². The van der Waals surface area contributed by atoms with Crippen LogP contribution >= 0.6 is 0 Å². The molecule has 0 aliphatic heterocycles. The van der Waals surface area contributed by atoms with Gasteiger partial charge in [-0.3, -0.25) is 9.59 Å². The lowest BCUT2D eigenvalue weighted by Crippen LogP contribution is -2.39. The van der Waals surface area contributed by atoms with Crippen LogP contribution in [0.25, 0.3) is 0 Å². The number of carboxylic acids is 1. The average Bonchev–Trinajstić information content (AvgIpc) is 2.66. The van der Waals surface area contributed by atoms with Crippen molar-refractivity contribution < 1.29 is 23.1 Å². The quantitative estimate of drug-likeness (QED) is 0.783. The lowest BCUT2D eigenvalue weighted by atomic mass is 9.95. The molecule has 0 saturated heterocycles. The van der Waals surface area contributed by atoms with Crippen molar-refractivity contribution in [3.63, 3.8) is 0 Å². The molecule has 1 saturated carbocycles. The summed E-state index contributed by atoms with van der Waals surface area (Å²) >= 11 is 0. The molecular formula is C12H21NO5S. The van der Waals surface area contributed by atoms with Gasteiger partial charge in [0.05, 0.1) is 17.6 Å². The fourth-order valence-corrected chi connectivity index (χ4v) is 3.14. The van der Waals surface area contributed by atoms with Crippen molar-refractivity contribution in [2.24, 2.45) is 17.8 Å². The van der Waals surface area contributed by atoms with Gasteiger partial charge in [-0.15, -0.1) is 0 Å². The van der Waals surface area contributed by atoms with Crippen LogP contribution in [-0.2, 0) is 19.4 Å². The fraction of sp³-hybridized carbons (Fsp3) is 0.833. The number of amides is 1. The Balaban J connectivity index is 2.68. The van der Waals surface area contributed by atoms with Crippen molar-refractivity contribution in [3.8, 4) is 0 Å². The van der Waals surface area contributed by atoms with Crippen LogP contribution in [-0.4, -0.2) is 55.9 Å². The Kier molecular flexibility index (Phi) is 4.95. The summed E-state index contributed by atoms with van der Waals surface area (Å²) in [5.41, 5.74) is 0. The van der Waals surface area contributed by atoms with E-state index in [1.807, 2.05) is 6.92 Å². The second kappa shape index (κ2) is 5.90. The molecule has 1 fully saturated rings. The lowest BCUT2D eigenvalue weighted by molar-refractivity contribution is -0.148. The number of hydrogen-bond donors (Lipinski definition) is 1. The molecule has 110 valence electrons. The van der Waals surface area contributed by atoms with Crippen LogP contribution in [0, 0.1) is 17.8 Å². The van der Waals surface area contributed by atoms with Crippen LogP contribution in [0.15, 0.2) is 0 Å². The average molecular weight is 291 g/mol. The maximum absolute atomic E-state index is 12.2. The molecule has 3 unspecified atom stereocenters. The Bertz CT molecular complexity index is 459. The van der Waals surface area contributed by atoms with Crippen LogP contribution in [0.2, 0.25) is 0 Å². The minimum absolute atomic E-state index is 0.102. The molecule has 0 aromatic heterocycles. The van der Waals surface area contributed by atoms with E-state index in [2.05, 4.69) is 0 Å². The maximum atomic E-state index is 12.2. The number of carboxylic acid groups (broad SMARTS) is 1. The Morgan fingerprint density at radius 2 is 1.79 bits per heavy atom. The SMILES string of the molecule is CC1CC(C(=O)O)C(C(=O)N(C)CCS(C)(=O)=O)C1. The van der Waals surface area contributed by atoms with Gasteiger partial charge in [0.2, 0.25) is 5.91 Å². The summed E-state index contributed by atoms with van der Waals surface area (Å²) < 4.78 is 22.1. The molecule has 1 amide bonds. The summed E-state index contributed by atoms with van der Waals surface area (Å²) in [6.07, 6.45) is 2.17. The van der Waals surface area contributed by atoms with Crippen molar-refractivity contribution >= 4 is 21.7 Å². The molecule has 1 rings (SSSR count).